The van der Waals surface area contributed by atoms with Gasteiger partial charge in [-0.25, -0.2) is 0 Å². The van der Waals surface area contributed by atoms with Gasteiger partial charge in [-0.05, 0) is 0 Å². The van der Waals surface area contributed by atoms with E-state index < -0.39 is 74.6 Å². The van der Waals surface area contributed by atoms with E-state index in [1.807, 2.05) is 0 Å². The van der Waals surface area contributed by atoms with Crippen LogP contribution in [0.4, 0.5) is 0 Å². The van der Waals surface area contributed by atoms with Crippen molar-refractivity contribution in [2.45, 2.75) is 61.4 Å². The Bertz CT molecular complexity index is 344. The molecule has 8 N–H and O–H groups in total. The molecule has 2 fully saturated rings. The van der Waals surface area contributed by atoms with Crippen molar-refractivity contribution in [2.75, 3.05) is 13.2 Å². The van der Waals surface area contributed by atoms with Crippen LogP contribution in [0.1, 0.15) is 0 Å². The van der Waals surface area contributed by atoms with Gasteiger partial charge < -0.3 is 55.1 Å². The molecule has 2 saturated heterocycles. The van der Waals surface area contributed by atoms with Crippen LogP contribution in [0.2, 0.25) is 0 Å². The maximum atomic E-state index is 9.84. The molecular formula is C12H22O11. The molecule has 136 valence electrons. The van der Waals surface area contributed by atoms with Gasteiger partial charge in [-0.1, -0.05) is 0 Å². The van der Waals surface area contributed by atoms with Crippen molar-refractivity contribution in [3.05, 3.63) is 0 Å². The molecule has 23 heavy (non-hydrogen) atoms. The Morgan fingerprint density at radius 2 is 0.913 bits per heavy atom. The third-order valence-corrected chi connectivity index (χ3v) is 3.97. The lowest BCUT2D eigenvalue weighted by molar-refractivity contribution is -0.376. The van der Waals surface area contributed by atoms with E-state index >= 15 is 0 Å². The quantitative estimate of drug-likeness (QED) is 0.243. The van der Waals surface area contributed by atoms with Gasteiger partial charge in [0.05, 0.1) is 13.2 Å². The van der Waals surface area contributed by atoms with Crippen LogP contribution in [-0.2, 0) is 14.2 Å². The van der Waals surface area contributed by atoms with Gasteiger partial charge in [0.2, 0.25) is 0 Å². The molecule has 2 heterocycles. The summed E-state index contributed by atoms with van der Waals surface area (Å²) in [5, 5.41) is 76.4. The highest BCUT2D eigenvalue weighted by atomic mass is 16.8. The summed E-state index contributed by atoms with van der Waals surface area (Å²) in [6.07, 6.45) is -15.6. The smallest absolute Gasteiger partial charge is 0.189 e. The number of hydrogen-bond donors (Lipinski definition) is 8. The van der Waals surface area contributed by atoms with Crippen molar-refractivity contribution >= 4 is 0 Å². The first-order chi connectivity index (χ1) is 10.8. The first-order valence-corrected chi connectivity index (χ1v) is 7.08. The predicted molar refractivity (Wildman–Crippen MR) is 68.6 cm³/mol. The molecule has 0 spiro atoms. The van der Waals surface area contributed by atoms with Gasteiger partial charge >= 0.3 is 0 Å². The molecule has 11 nitrogen and oxygen atoms in total. The van der Waals surface area contributed by atoms with Gasteiger partial charge in [0.25, 0.3) is 0 Å². The first kappa shape index (κ1) is 18.9. The lowest BCUT2D eigenvalue weighted by atomic mass is 9.98. The molecule has 0 amide bonds. The molecule has 0 bridgehead atoms. The minimum Gasteiger partial charge on any atom is -0.394 e. The van der Waals surface area contributed by atoms with Crippen molar-refractivity contribution in [3.8, 4) is 0 Å². The Morgan fingerprint density at radius 1 is 0.565 bits per heavy atom. The molecule has 0 aliphatic carbocycles. The minimum absolute atomic E-state index is 0.667. The number of rotatable bonds is 4. The average Bonchev–Trinajstić information content (AvgIpc) is 2.55. The summed E-state index contributed by atoms with van der Waals surface area (Å²) in [4.78, 5) is 0. The van der Waals surface area contributed by atoms with E-state index in [1.54, 1.807) is 0 Å². The fourth-order valence-electron chi connectivity index (χ4n) is 2.49. The van der Waals surface area contributed by atoms with Crippen molar-refractivity contribution in [1.29, 1.82) is 0 Å². The van der Waals surface area contributed by atoms with E-state index in [0.29, 0.717) is 0 Å². The fourth-order valence-corrected chi connectivity index (χ4v) is 2.49. The highest BCUT2D eigenvalue weighted by Crippen LogP contribution is 2.27. The van der Waals surface area contributed by atoms with Crippen LogP contribution in [-0.4, -0.2) is 115 Å². The lowest BCUT2D eigenvalue weighted by Crippen LogP contribution is -2.63. The average molecular weight is 342 g/mol. The molecule has 0 saturated carbocycles. The lowest BCUT2D eigenvalue weighted by Gasteiger charge is -2.44. The Labute approximate surface area is 130 Å². The van der Waals surface area contributed by atoms with E-state index in [1.165, 1.54) is 0 Å². The van der Waals surface area contributed by atoms with Crippen LogP contribution in [0.15, 0.2) is 0 Å². The third-order valence-electron chi connectivity index (χ3n) is 3.97. The number of aliphatic hydroxyl groups is 8. The largest absolute Gasteiger partial charge is 0.394 e. The van der Waals surface area contributed by atoms with Crippen LogP contribution in [0.5, 0.6) is 0 Å². The number of aliphatic hydroxyl groups excluding tert-OH is 8. The topological polar surface area (TPSA) is 190 Å². The molecule has 2 aliphatic rings. The molecule has 4 unspecified atom stereocenters. The maximum absolute atomic E-state index is 9.84. The zero-order valence-corrected chi connectivity index (χ0v) is 12.0. The summed E-state index contributed by atoms with van der Waals surface area (Å²) in [6.45, 7) is -1.33. The minimum atomic E-state index is -1.72. The Morgan fingerprint density at radius 3 is 1.22 bits per heavy atom. The van der Waals surface area contributed by atoms with E-state index in [0.717, 1.165) is 0 Å². The molecule has 0 aromatic carbocycles. The molecule has 11 heteroatoms. The van der Waals surface area contributed by atoms with E-state index in [4.69, 9.17) is 24.4 Å². The summed E-state index contributed by atoms with van der Waals surface area (Å²) < 4.78 is 15.3. The van der Waals surface area contributed by atoms with Crippen LogP contribution >= 0.6 is 0 Å². The van der Waals surface area contributed by atoms with Crippen molar-refractivity contribution < 1.29 is 55.1 Å². The van der Waals surface area contributed by atoms with E-state index in [2.05, 4.69) is 0 Å². The van der Waals surface area contributed by atoms with Crippen LogP contribution < -0.4 is 0 Å². The van der Waals surface area contributed by atoms with E-state index in [9.17, 15) is 30.6 Å². The second-order valence-electron chi connectivity index (χ2n) is 5.53. The Balaban J connectivity index is 2.07. The van der Waals surface area contributed by atoms with Gasteiger partial charge in [0.1, 0.15) is 48.8 Å². The van der Waals surface area contributed by atoms with Crippen LogP contribution in [0.3, 0.4) is 0 Å². The van der Waals surface area contributed by atoms with Crippen LogP contribution in [0.25, 0.3) is 0 Å². The highest BCUT2D eigenvalue weighted by Gasteiger charge is 2.49. The number of ether oxygens (including phenoxy) is 3. The summed E-state index contributed by atoms with van der Waals surface area (Å²) in [7, 11) is 0. The van der Waals surface area contributed by atoms with Gasteiger partial charge in [-0.2, -0.15) is 0 Å². The fraction of sp³-hybridized carbons (Fsp3) is 1.00. The SMILES string of the molecule is OCC1O[C@@H](O[C@@H]2O[C@H](CO)[C@@H](O)C(O)C2O)[C@@H](O)C(O)[C@@H]1O. The molecule has 10 atom stereocenters. The van der Waals surface area contributed by atoms with Crippen molar-refractivity contribution in [1.82, 2.24) is 0 Å². The molecule has 2 rings (SSSR count). The van der Waals surface area contributed by atoms with Crippen molar-refractivity contribution in [3.63, 3.8) is 0 Å². The molecule has 0 radical (unpaired) electrons. The zero-order chi connectivity index (χ0) is 17.3. The van der Waals surface area contributed by atoms with Gasteiger partial charge in [-0.3, -0.25) is 0 Å². The zero-order valence-electron chi connectivity index (χ0n) is 12.0. The summed E-state index contributed by atoms with van der Waals surface area (Å²) in [5.74, 6) is 0. The first-order valence-electron chi connectivity index (χ1n) is 7.08. The highest BCUT2D eigenvalue weighted by molar-refractivity contribution is 4.92. The number of hydrogen-bond acceptors (Lipinski definition) is 11. The summed E-state index contributed by atoms with van der Waals surface area (Å²) in [5.41, 5.74) is 0. The maximum Gasteiger partial charge on any atom is 0.189 e. The van der Waals surface area contributed by atoms with Crippen LogP contribution in [0, 0.1) is 0 Å². The molecule has 2 aliphatic heterocycles. The molecular weight excluding hydrogens is 320 g/mol. The van der Waals surface area contributed by atoms with Gasteiger partial charge in [0.15, 0.2) is 12.6 Å². The Kier molecular flexibility index (Phi) is 6.27. The summed E-state index contributed by atoms with van der Waals surface area (Å²) >= 11 is 0. The second-order valence-corrected chi connectivity index (χ2v) is 5.53. The second kappa shape index (κ2) is 7.63. The monoisotopic (exact) mass is 342 g/mol. The Hall–Kier alpha value is -0.440. The molecule has 0 aromatic rings. The van der Waals surface area contributed by atoms with E-state index in [-0.39, 0.29) is 0 Å². The third kappa shape index (κ3) is 3.65. The standard InChI is InChI=1S/C12H22O11/c13-1-3-5(15)7(17)9(19)11(21-3)23-12-10(20)8(18)6(16)4(2-14)22-12/h3-20H,1-2H2/t3-,4?,5-,6-,7?,8?,9?,10+,11+,12+/m1/s1. The predicted octanol–water partition coefficient (Wildman–Crippen LogP) is -5.40. The normalized spacial score (nSPS) is 51.7. The van der Waals surface area contributed by atoms with Crippen molar-refractivity contribution in [2.24, 2.45) is 0 Å². The van der Waals surface area contributed by atoms with Gasteiger partial charge in [-0.15, -0.1) is 0 Å². The summed E-state index contributed by atoms with van der Waals surface area (Å²) in [6, 6.07) is 0. The molecule has 0 aromatic heterocycles. The van der Waals surface area contributed by atoms with Gasteiger partial charge in [0, 0.05) is 0 Å².